The molecule has 6 heteroatoms. The van der Waals surface area contributed by atoms with Crippen molar-refractivity contribution in [3.05, 3.63) is 64.7 Å². The monoisotopic (exact) mass is 398 g/mol. The molecule has 2 aromatic carbocycles. The molecule has 0 aromatic heterocycles. The Balaban J connectivity index is 1.40. The fourth-order valence-electron chi connectivity index (χ4n) is 4.19. The second-order valence-electron chi connectivity index (χ2n) is 7.75. The first-order chi connectivity index (χ1) is 13.4. The second-order valence-corrected chi connectivity index (χ2v) is 9.69. The van der Waals surface area contributed by atoms with Gasteiger partial charge in [0.05, 0.1) is 4.90 Å². The van der Waals surface area contributed by atoms with Gasteiger partial charge in [-0.05, 0) is 73.9 Å². The maximum absolute atomic E-state index is 13.0. The highest BCUT2D eigenvalue weighted by atomic mass is 32.2. The molecule has 4 rings (SSSR count). The van der Waals surface area contributed by atoms with Gasteiger partial charge in [-0.3, -0.25) is 4.79 Å². The van der Waals surface area contributed by atoms with Gasteiger partial charge in [-0.15, -0.1) is 0 Å². The SMILES string of the molecule is Cc1ccccc1C(=O)NC1CCN(S(=O)(=O)c2ccc3c(c2)CCC3)CC1. The third kappa shape index (κ3) is 3.71. The fourth-order valence-corrected chi connectivity index (χ4v) is 5.71. The molecule has 28 heavy (non-hydrogen) atoms. The van der Waals surface area contributed by atoms with Crippen LogP contribution in [-0.2, 0) is 22.9 Å². The molecule has 0 atom stereocenters. The smallest absolute Gasteiger partial charge is 0.251 e. The van der Waals surface area contributed by atoms with Gasteiger partial charge in [0.1, 0.15) is 0 Å². The van der Waals surface area contributed by atoms with Gasteiger partial charge in [0.25, 0.3) is 5.91 Å². The van der Waals surface area contributed by atoms with E-state index in [1.165, 1.54) is 11.1 Å². The van der Waals surface area contributed by atoms with E-state index in [0.717, 1.165) is 24.8 Å². The average molecular weight is 399 g/mol. The van der Waals surface area contributed by atoms with Crippen LogP contribution in [0.2, 0.25) is 0 Å². The van der Waals surface area contributed by atoms with Crippen molar-refractivity contribution < 1.29 is 13.2 Å². The summed E-state index contributed by atoms with van der Waals surface area (Å²) in [6.45, 7) is 2.77. The average Bonchev–Trinajstić information content (AvgIpc) is 3.16. The van der Waals surface area contributed by atoms with Crippen molar-refractivity contribution in [2.45, 2.75) is 50.0 Å². The van der Waals surface area contributed by atoms with E-state index in [0.29, 0.717) is 36.4 Å². The number of aryl methyl sites for hydroxylation is 3. The Kier molecular flexibility index (Phi) is 5.25. The molecule has 1 heterocycles. The lowest BCUT2D eigenvalue weighted by atomic mass is 10.0. The predicted octanol–water partition coefficient (Wildman–Crippen LogP) is 3.07. The van der Waals surface area contributed by atoms with E-state index in [1.807, 2.05) is 43.3 Å². The fraction of sp³-hybridized carbons (Fsp3) is 0.409. The first kappa shape index (κ1) is 19.2. The Hall–Kier alpha value is -2.18. The highest BCUT2D eigenvalue weighted by Crippen LogP contribution is 2.27. The number of sulfonamides is 1. The van der Waals surface area contributed by atoms with Crippen molar-refractivity contribution in [1.29, 1.82) is 0 Å². The Morgan fingerprint density at radius 1 is 1.04 bits per heavy atom. The summed E-state index contributed by atoms with van der Waals surface area (Å²) in [5, 5.41) is 3.06. The molecule has 2 aromatic rings. The Labute approximate surface area is 166 Å². The summed E-state index contributed by atoms with van der Waals surface area (Å²) in [6, 6.07) is 13.1. The number of carbonyl (C=O) groups excluding carboxylic acids is 1. The van der Waals surface area contributed by atoms with E-state index in [-0.39, 0.29) is 11.9 Å². The second kappa shape index (κ2) is 7.68. The zero-order valence-corrected chi connectivity index (χ0v) is 17.0. The number of piperidine rings is 1. The minimum absolute atomic E-state index is 0.00132. The van der Waals surface area contributed by atoms with E-state index in [2.05, 4.69) is 5.32 Å². The molecular weight excluding hydrogens is 372 g/mol. The summed E-state index contributed by atoms with van der Waals surface area (Å²) >= 11 is 0. The van der Waals surface area contributed by atoms with Gasteiger partial charge in [0.15, 0.2) is 0 Å². The van der Waals surface area contributed by atoms with E-state index in [4.69, 9.17) is 0 Å². The van der Waals surface area contributed by atoms with Crippen LogP contribution in [0.4, 0.5) is 0 Å². The number of hydrogen-bond acceptors (Lipinski definition) is 3. The summed E-state index contributed by atoms with van der Waals surface area (Å²) in [7, 11) is -3.47. The van der Waals surface area contributed by atoms with E-state index < -0.39 is 10.0 Å². The number of carbonyl (C=O) groups is 1. The highest BCUT2D eigenvalue weighted by Gasteiger charge is 2.30. The van der Waals surface area contributed by atoms with Crippen LogP contribution in [-0.4, -0.2) is 37.8 Å². The van der Waals surface area contributed by atoms with Crippen molar-refractivity contribution in [2.24, 2.45) is 0 Å². The molecule has 148 valence electrons. The van der Waals surface area contributed by atoms with Crippen LogP contribution in [0.15, 0.2) is 47.4 Å². The quantitative estimate of drug-likeness (QED) is 0.861. The van der Waals surface area contributed by atoms with Crippen molar-refractivity contribution in [3.8, 4) is 0 Å². The highest BCUT2D eigenvalue weighted by molar-refractivity contribution is 7.89. The molecular formula is C22H26N2O3S. The van der Waals surface area contributed by atoms with E-state index >= 15 is 0 Å². The number of hydrogen-bond donors (Lipinski definition) is 1. The minimum atomic E-state index is -3.47. The van der Waals surface area contributed by atoms with Crippen molar-refractivity contribution in [2.75, 3.05) is 13.1 Å². The van der Waals surface area contributed by atoms with Gasteiger partial charge in [0, 0.05) is 24.7 Å². The van der Waals surface area contributed by atoms with Crippen LogP contribution in [0.3, 0.4) is 0 Å². The number of nitrogens with zero attached hydrogens (tertiary/aromatic N) is 1. The van der Waals surface area contributed by atoms with Gasteiger partial charge in [-0.1, -0.05) is 24.3 Å². The summed E-state index contributed by atoms with van der Waals surface area (Å²) < 4.78 is 27.6. The van der Waals surface area contributed by atoms with Crippen LogP contribution < -0.4 is 5.32 Å². The number of benzene rings is 2. The first-order valence-corrected chi connectivity index (χ1v) is 11.4. The molecule has 1 fully saturated rings. The Bertz CT molecular complexity index is 993. The lowest BCUT2D eigenvalue weighted by Crippen LogP contribution is -2.46. The van der Waals surface area contributed by atoms with Crippen molar-refractivity contribution in [3.63, 3.8) is 0 Å². The van der Waals surface area contributed by atoms with Crippen LogP contribution in [0, 0.1) is 6.92 Å². The number of fused-ring (bicyclic) bond motifs is 1. The lowest BCUT2D eigenvalue weighted by molar-refractivity contribution is 0.0923. The number of amides is 1. The van der Waals surface area contributed by atoms with Crippen molar-refractivity contribution in [1.82, 2.24) is 9.62 Å². The molecule has 1 aliphatic heterocycles. The number of rotatable bonds is 4. The van der Waals surface area contributed by atoms with Crippen LogP contribution >= 0.6 is 0 Å². The topological polar surface area (TPSA) is 66.5 Å². The molecule has 2 aliphatic rings. The van der Waals surface area contributed by atoms with Gasteiger partial charge in [-0.25, -0.2) is 8.42 Å². The van der Waals surface area contributed by atoms with Gasteiger partial charge in [0.2, 0.25) is 10.0 Å². The molecule has 0 bridgehead atoms. The molecule has 1 saturated heterocycles. The third-order valence-electron chi connectivity index (χ3n) is 5.89. The zero-order valence-electron chi connectivity index (χ0n) is 16.1. The third-order valence-corrected chi connectivity index (χ3v) is 7.78. The maximum atomic E-state index is 13.0. The van der Waals surface area contributed by atoms with Gasteiger partial charge >= 0.3 is 0 Å². The Morgan fingerprint density at radius 3 is 2.50 bits per heavy atom. The van der Waals surface area contributed by atoms with E-state index in [1.54, 1.807) is 10.4 Å². The number of nitrogens with one attached hydrogen (secondary N) is 1. The van der Waals surface area contributed by atoms with Gasteiger partial charge in [-0.2, -0.15) is 4.31 Å². The van der Waals surface area contributed by atoms with Gasteiger partial charge < -0.3 is 5.32 Å². The molecule has 0 unspecified atom stereocenters. The first-order valence-electron chi connectivity index (χ1n) is 9.93. The molecule has 0 saturated carbocycles. The summed E-state index contributed by atoms with van der Waals surface area (Å²) in [5.41, 5.74) is 4.06. The maximum Gasteiger partial charge on any atom is 0.251 e. The Morgan fingerprint density at radius 2 is 1.75 bits per heavy atom. The summed E-state index contributed by atoms with van der Waals surface area (Å²) in [4.78, 5) is 12.9. The van der Waals surface area contributed by atoms with Crippen molar-refractivity contribution >= 4 is 15.9 Å². The standard InChI is InChI=1S/C22H26N2O3S/c1-16-5-2-3-8-21(16)22(25)23-19-11-13-24(14-12-19)28(26,27)20-10-9-17-6-4-7-18(17)15-20/h2-3,5,8-10,15,19H,4,6-7,11-14H2,1H3,(H,23,25). The largest absolute Gasteiger partial charge is 0.349 e. The summed E-state index contributed by atoms with van der Waals surface area (Å²) in [5.74, 6) is -0.0852. The molecule has 5 nitrogen and oxygen atoms in total. The minimum Gasteiger partial charge on any atom is -0.349 e. The molecule has 1 amide bonds. The molecule has 0 radical (unpaired) electrons. The summed E-state index contributed by atoms with van der Waals surface area (Å²) in [6.07, 6.45) is 4.36. The normalized spacial score (nSPS) is 18.0. The van der Waals surface area contributed by atoms with Crippen LogP contribution in [0.5, 0.6) is 0 Å². The predicted molar refractivity (Wildman–Crippen MR) is 109 cm³/mol. The van der Waals surface area contributed by atoms with Crippen LogP contribution in [0.25, 0.3) is 0 Å². The van der Waals surface area contributed by atoms with E-state index in [9.17, 15) is 13.2 Å². The molecule has 0 spiro atoms. The molecule has 1 N–H and O–H groups in total. The molecule has 1 aliphatic carbocycles. The zero-order chi connectivity index (χ0) is 19.7. The van der Waals surface area contributed by atoms with Crippen LogP contribution in [0.1, 0.15) is 46.3 Å². The lowest BCUT2D eigenvalue weighted by Gasteiger charge is -2.31.